The Hall–Kier alpha value is -2.56. The van der Waals surface area contributed by atoms with Crippen molar-refractivity contribution in [1.82, 2.24) is 4.90 Å². The summed E-state index contributed by atoms with van der Waals surface area (Å²) in [6, 6.07) is 13.6. The predicted octanol–water partition coefficient (Wildman–Crippen LogP) is 3.55. The van der Waals surface area contributed by atoms with Crippen molar-refractivity contribution in [3.63, 3.8) is 0 Å². The Balaban J connectivity index is 1.43. The summed E-state index contributed by atoms with van der Waals surface area (Å²) in [7, 11) is 0. The van der Waals surface area contributed by atoms with Crippen LogP contribution in [0.1, 0.15) is 32.1 Å². The standard InChI is InChI=1S/C21H25NO4/c23-20(22-12-6-2-1-3-7-13-22)15-26-21(24)16-25-19-11-10-17-8-4-5-9-18(17)14-19/h4-5,8-11,14H,1-3,6-7,12-13,15-16H2. The molecular formula is C21H25NO4. The van der Waals surface area contributed by atoms with Crippen LogP contribution in [0.2, 0.25) is 0 Å². The lowest BCUT2D eigenvalue weighted by Gasteiger charge is -2.24. The third kappa shape index (κ3) is 5.22. The van der Waals surface area contributed by atoms with Gasteiger partial charge in [-0.1, -0.05) is 49.6 Å². The van der Waals surface area contributed by atoms with Crippen LogP contribution in [0.3, 0.4) is 0 Å². The fraction of sp³-hybridized carbons (Fsp3) is 0.429. The lowest BCUT2D eigenvalue weighted by molar-refractivity contribution is -0.153. The number of esters is 1. The molecule has 138 valence electrons. The monoisotopic (exact) mass is 355 g/mol. The number of hydrogen-bond donors (Lipinski definition) is 0. The minimum Gasteiger partial charge on any atom is -0.482 e. The highest BCUT2D eigenvalue weighted by Crippen LogP contribution is 2.20. The van der Waals surface area contributed by atoms with E-state index in [1.54, 1.807) is 4.90 Å². The number of amides is 1. The SMILES string of the molecule is O=C(COc1ccc2ccccc2c1)OCC(=O)N1CCCCCCC1. The topological polar surface area (TPSA) is 55.8 Å². The average molecular weight is 355 g/mol. The molecule has 26 heavy (non-hydrogen) atoms. The molecule has 1 aliphatic heterocycles. The zero-order chi connectivity index (χ0) is 18.2. The van der Waals surface area contributed by atoms with Crippen molar-refractivity contribution in [2.45, 2.75) is 32.1 Å². The Morgan fingerprint density at radius 3 is 2.31 bits per heavy atom. The van der Waals surface area contributed by atoms with Crippen LogP contribution in [-0.4, -0.2) is 43.1 Å². The third-order valence-electron chi connectivity index (χ3n) is 4.64. The predicted molar refractivity (Wildman–Crippen MR) is 100 cm³/mol. The summed E-state index contributed by atoms with van der Waals surface area (Å²) in [6.45, 7) is 1.10. The Labute approximate surface area is 153 Å². The van der Waals surface area contributed by atoms with Gasteiger partial charge in [0.15, 0.2) is 13.2 Å². The van der Waals surface area contributed by atoms with Gasteiger partial charge < -0.3 is 14.4 Å². The van der Waals surface area contributed by atoms with Gasteiger partial charge >= 0.3 is 5.97 Å². The molecule has 0 radical (unpaired) electrons. The molecular weight excluding hydrogens is 330 g/mol. The summed E-state index contributed by atoms with van der Waals surface area (Å²) < 4.78 is 10.6. The number of rotatable bonds is 5. The first kappa shape index (κ1) is 18.2. The van der Waals surface area contributed by atoms with E-state index in [-0.39, 0.29) is 19.1 Å². The van der Waals surface area contributed by atoms with Crippen molar-refractivity contribution >= 4 is 22.6 Å². The van der Waals surface area contributed by atoms with Crippen molar-refractivity contribution in [3.05, 3.63) is 42.5 Å². The molecule has 5 heteroatoms. The molecule has 0 atom stereocenters. The van der Waals surface area contributed by atoms with Gasteiger partial charge in [0.2, 0.25) is 0 Å². The first-order chi connectivity index (χ1) is 12.7. The van der Waals surface area contributed by atoms with E-state index in [1.165, 1.54) is 6.42 Å². The van der Waals surface area contributed by atoms with E-state index in [4.69, 9.17) is 9.47 Å². The number of fused-ring (bicyclic) bond motifs is 1. The van der Waals surface area contributed by atoms with Gasteiger partial charge in [0.05, 0.1) is 0 Å². The maximum absolute atomic E-state index is 12.2. The van der Waals surface area contributed by atoms with Gasteiger partial charge in [-0.3, -0.25) is 4.79 Å². The van der Waals surface area contributed by atoms with Crippen LogP contribution in [0, 0.1) is 0 Å². The highest BCUT2D eigenvalue weighted by atomic mass is 16.6. The molecule has 5 nitrogen and oxygen atoms in total. The maximum Gasteiger partial charge on any atom is 0.344 e. The van der Waals surface area contributed by atoms with Gasteiger partial charge in [-0.15, -0.1) is 0 Å². The first-order valence-electron chi connectivity index (χ1n) is 9.27. The van der Waals surface area contributed by atoms with Crippen molar-refractivity contribution in [2.75, 3.05) is 26.3 Å². The highest BCUT2D eigenvalue weighted by Gasteiger charge is 2.16. The third-order valence-corrected chi connectivity index (χ3v) is 4.64. The molecule has 1 fully saturated rings. The Bertz CT molecular complexity index is 751. The van der Waals surface area contributed by atoms with Crippen LogP contribution in [0.25, 0.3) is 10.8 Å². The van der Waals surface area contributed by atoms with Gasteiger partial charge in [-0.05, 0) is 35.7 Å². The van der Waals surface area contributed by atoms with Gasteiger partial charge in [0, 0.05) is 13.1 Å². The molecule has 2 aromatic rings. The van der Waals surface area contributed by atoms with Crippen molar-refractivity contribution in [1.29, 1.82) is 0 Å². The summed E-state index contributed by atoms with van der Waals surface area (Å²) in [4.78, 5) is 25.9. The molecule has 0 spiro atoms. The van der Waals surface area contributed by atoms with E-state index < -0.39 is 5.97 Å². The second kappa shape index (κ2) is 9.22. The molecule has 0 N–H and O–H groups in total. The second-order valence-corrected chi connectivity index (χ2v) is 6.61. The number of benzene rings is 2. The lowest BCUT2D eigenvalue weighted by Crippen LogP contribution is -2.37. The molecule has 0 bridgehead atoms. The van der Waals surface area contributed by atoms with Crippen molar-refractivity contribution in [2.24, 2.45) is 0 Å². The number of likely N-dealkylation sites (tertiary alicyclic amines) is 1. The fourth-order valence-electron chi connectivity index (χ4n) is 3.17. The summed E-state index contributed by atoms with van der Waals surface area (Å²) in [6.07, 6.45) is 5.59. The molecule has 1 amide bonds. The van der Waals surface area contributed by atoms with Crippen LogP contribution in [0.15, 0.2) is 42.5 Å². The van der Waals surface area contributed by atoms with Gasteiger partial charge in [0.1, 0.15) is 5.75 Å². The van der Waals surface area contributed by atoms with Crippen LogP contribution >= 0.6 is 0 Å². The number of nitrogens with zero attached hydrogens (tertiary/aromatic N) is 1. The summed E-state index contributed by atoms with van der Waals surface area (Å²) in [5.41, 5.74) is 0. The molecule has 1 aliphatic rings. The molecule has 2 aromatic carbocycles. The average Bonchev–Trinajstić information content (AvgIpc) is 2.64. The highest BCUT2D eigenvalue weighted by molar-refractivity contribution is 5.84. The van der Waals surface area contributed by atoms with Crippen LogP contribution < -0.4 is 4.74 Å². The number of ether oxygens (including phenoxy) is 2. The van der Waals surface area contributed by atoms with Crippen molar-refractivity contribution in [3.8, 4) is 5.75 Å². The quantitative estimate of drug-likeness (QED) is 0.770. The Kier molecular flexibility index (Phi) is 6.47. The largest absolute Gasteiger partial charge is 0.482 e. The molecule has 0 saturated carbocycles. The van der Waals surface area contributed by atoms with Gasteiger partial charge in [-0.25, -0.2) is 4.79 Å². The maximum atomic E-state index is 12.2. The number of carbonyl (C=O) groups excluding carboxylic acids is 2. The Morgan fingerprint density at radius 1 is 0.846 bits per heavy atom. The van der Waals surface area contributed by atoms with Crippen LogP contribution in [-0.2, 0) is 14.3 Å². The molecule has 0 aliphatic carbocycles. The van der Waals surface area contributed by atoms with Gasteiger partial charge in [-0.2, -0.15) is 0 Å². The summed E-state index contributed by atoms with van der Waals surface area (Å²) >= 11 is 0. The number of carbonyl (C=O) groups is 2. The van der Waals surface area contributed by atoms with E-state index in [0.29, 0.717) is 5.75 Å². The van der Waals surface area contributed by atoms with Crippen LogP contribution in [0.4, 0.5) is 0 Å². The Morgan fingerprint density at radius 2 is 1.54 bits per heavy atom. The smallest absolute Gasteiger partial charge is 0.344 e. The lowest BCUT2D eigenvalue weighted by atomic mass is 10.1. The molecule has 3 rings (SSSR count). The normalized spacial score (nSPS) is 15.2. The van der Waals surface area contributed by atoms with E-state index in [0.717, 1.165) is 49.5 Å². The zero-order valence-corrected chi connectivity index (χ0v) is 15.0. The minimum atomic E-state index is -0.529. The van der Waals surface area contributed by atoms with E-state index in [9.17, 15) is 9.59 Å². The second-order valence-electron chi connectivity index (χ2n) is 6.61. The van der Waals surface area contributed by atoms with E-state index in [1.807, 2.05) is 42.5 Å². The van der Waals surface area contributed by atoms with E-state index >= 15 is 0 Å². The molecule has 1 saturated heterocycles. The zero-order valence-electron chi connectivity index (χ0n) is 15.0. The minimum absolute atomic E-state index is 0.119. The summed E-state index contributed by atoms with van der Waals surface area (Å²) in [5, 5.41) is 2.16. The van der Waals surface area contributed by atoms with Crippen LogP contribution in [0.5, 0.6) is 5.75 Å². The van der Waals surface area contributed by atoms with E-state index in [2.05, 4.69) is 0 Å². The molecule has 0 aromatic heterocycles. The fourth-order valence-corrected chi connectivity index (χ4v) is 3.17. The summed E-state index contributed by atoms with van der Waals surface area (Å²) in [5.74, 6) is -0.0414. The number of hydrogen-bond acceptors (Lipinski definition) is 4. The first-order valence-corrected chi connectivity index (χ1v) is 9.27. The van der Waals surface area contributed by atoms with Gasteiger partial charge in [0.25, 0.3) is 5.91 Å². The van der Waals surface area contributed by atoms with Crippen molar-refractivity contribution < 1.29 is 19.1 Å². The molecule has 1 heterocycles. The molecule has 0 unspecified atom stereocenters.